The maximum atomic E-state index is 11.9. The highest BCUT2D eigenvalue weighted by molar-refractivity contribution is 8.00. The van der Waals surface area contributed by atoms with Crippen molar-refractivity contribution in [2.75, 3.05) is 30.5 Å². The van der Waals surface area contributed by atoms with Gasteiger partial charge in [0.1, 0.15) is 18.2 Å². The highest BCUT2D eigenvalue weighted by Crippen LogP contribution is 2.29. The summed E-state index contributed by atoms with van der Waals surface area (Å²) < 4.78 is 40.5. The van der Waals surface area contributed by atoms with Crippen LogP contribution in [0.2, 0.25) is 0 Å². The number of thioether (sulfide) groups is 1. The Kier molecular flexibility index (Phi) is 5.48. The van der Waals surface area contributed by atoms with Crippen LogP contribution >= 0.6 is 11.8 Å². The Hall–Kier alpha value is -1.22. The van der Waals surface area contributed by atoms with Gasteiger partial charge in [-0.2, -0.15) is 13.2 Å². The Morgan fingerprint density at radius 1 is 1.44 bits per heavy atom. The van der Waals surface area contributed by atoms with Gasteiger partial charge in [-0.15, -0.1) is 0 Å². The van der Waals surface area contributed by atoms with Crippen LogP contribution in [0.4, 0.5) is 24.8 Å². The Morgan fingerprint density at radius 3 is 2.78 bits per heavy atom. The second-order valence-electron chi connectivity index (χ2n) is 3.25. The maximum Gasteiger partial charge on any atom is 0.441 e. The molecule has 0 aliphatic carbocycles. The topological polar surface area (TPSA) is 73.1 Å². The smallest absolute Gasteiger partial charge is 0.384 e. The first-order valence-electron chi connectivity index (χ1n) is 4.97. The SMILES string of the molecule is COCc1nc(N)cc(NCCSC(F)(F)F)n1. The molecule has 18 heavy (non-hydrogen) atoms. The second kappa shape index (κ2) is 6.64. The van der Waals surface area contributed by atoms with Crippen molar-refractivity contribution in [1.29, 1.82) is 0 Å². The summed E-state index contributed by atoms with van der Waals surface area (Å²) in [5, 5.41) is 2.75. The molecule has 0 aliphatic rings. The molecule has 0 aliphatic heterocycles. The fourth-order valence-corrected chi connectivity index (χ4v) is 1.58. The first kappa shape index (κ1) is 14.8. The summed E-state index contributed by atoms with van der Waals surface area (Å²) >= 11 is -0.0904. The molecule has 3 N–H and O–H groups in total. The van der Waals surface area contributed by atoms with Crippen LogP contribution in [0.15, 0.2) is 6.07 Å². The van der Waals surface area contributed by atoms with Gasteiger partial charge in [-0.3, -0.25) is 0 Å². The van der Waals surface area contributed by atoms with Gasteiger partial charge < -0.3 is 15.8 Å². The molecule has 9 heteroatoms. The van der Waals surface area contributed by atoms with E-state index < -0.39 is 5.51 Å². The number of halogens is 3. The predicted octanol–water partition coefficient (Wildman–Crippen LogP) is 1.87. The van der Waals surface area contributed by atoms with Gasteiger partial charge in [0, 0.05) is 25.5 Å². The summed E-state index contributed by atoms with van der Waals surface area (Å²) in [5.41, 5.74) is 1.32. The molecule has 1 rings (SSSR count). The summed E-state index contributed by atoms with van der Waals surface area (Å²) in [4.78, 5) is 7.95. The minimum atomic E-state index is -4.21. The maximum absolute atomic E-state index is 11.9. The molecule has 102 valence electrons. The number of anilines is 2. The molecule has 0 radical (unpaired) electrons. The molecule has 1 heterocycles. The van der Waals surface area contributed by atoms with Gasteiger partial charge in [0.05, 0.1) is 0 Å². The lowest BCUT2D eigenvalue weighted by Gasteiger charge is -2.09. The Bertz CT molecular complexity index is 389. The zero-order valence-electron chi connectivity index (χ0n) is 9.62. The largest absolute Gasteiger partial charge is 0.441 e. The van der Waals surface area contributed by atoms with E-state index in [1.165, 1.54) is 13.2 Å². The Labute approximate surface area is 106 Å². The van der Waals surface area contributed by atoms with Crippen molar-refractivity contribution in [1.82, 2.24) is 9.97 Å². The predicted molar refractivity (Wildman–Crippen MR) is 64.2 cm³/mol. The molecule has 0 atom stereocenters. The second-order valence-corrected chi connectivity index (χ2v) is 4.41. The van der Waals surface area contributed by atoms with Gasteiger partial charge in [0.25, 0.3) is 0 Å². The summed E-state index contributed by atoms with van der Waals surface area (Å²) in [6, 6.07) is 1.46. The standard InChI is InChI=1S/C9H13F3N4OS/c1-17-5-8-15-6(13)4-7(16-8)14-2-3-18-9(10,11)12/h4H,2-3,5H2,1H3,(H3,13,14,15,16). The summed E-state index contributed by atoms with van der Waals surface area (Å²) in [5.74, 6) is 0.899. The molecule has 0 fully saturated rings. The molecular formula is C9H13F3N4OS. The molecule has 0 saturated carbocycles. The first-order valence-corrected chi connectivity index (χ1v) is 5.96. The number of hydrogen-bond donors (Lipinski definition) is 2. The van der Waals surface area contributed by atoms with Crippen molar-refractivity contribution in [2.24, 2.45) is 0 Å². The number of nitrogens with one attached hydrogen (secondary N) is 1. The summed E-state index contributed by atoms with van der Waals surface area (Å²) in [7, 11) is 1.49. The minimum absolute atomic E-state index is 0.0904. The normalized spacial score (nSPS) is 11.6. The number of nitrogens with zero attached hydrogens (tertiary/aromatic N) is 2. The van der Waals surface area contributed by atoms with E-state index in [-0.39, 0.29) is 36.5 Å². The Morgan fingerprint density at radius 2 is 2.17 bits per heavy atom. The van der Waals surface area contributed by atoms with Gasteiger partial charge in [0.2, 0.25) is 0 Å². The third kappa shape index (κ3) is 5.92. The van der Waals surface area contributed by atoms with E-state index in [1.54, 1.807) is 0 Å². The number of aromatic nitrogens is 2. The van der Waals surface area contributed by atoms with Crippen LogP contribution in [0.5, 0.6) is 0 Å². The molecule has 0 unspecified atom stereocenters. The van der Waals surface area contributed by atoms with Gasteiger partial charge in [-0.05, 0) is 11.8 Å². The number of methoxy groups -OCH3 is 1. The van der Waals surface area contributed by atoms with Crippen molar-refractivity contribution >= 4 is 23.4 Å². The van der Waals surface area contributed by atoms with E-state index in [1.807, 2.05) is 0 Å². The highest BCUT2D eigenvalue weighted by atomic mass is 32.2. The third-order valence-electron chi connectivity index (χ3n) is 1.74. The van der Waals surface area contributed by atoms with Crippen molar-refractivity contribution in [3.05, 3.63) is 11.9 Å². The molecule has 0 bridgehead atoms. The van der Waals surface area contributed by atoms with Gasteiger partial charge in [0.15, 0.2) is 5.82 Å². The van der Waals surface area contributed by atoms with E-state index in [0.717, 1.165) is 0 Å². The van der Waals surface area contributed by atoms with E-state index in [9.17, 15) is 13.2 Å². The summed E-state index contributed by atoms with van der Waals surface area (Å²) in [6.45, 7) is 0.323. The molecule has 5 nitrogen and oxygen atoms in total. The number of hydrogen-bond acceptors (Lipinski definition) is 6. The average molecular weight is 282 g/mol. The molecule has 0 spiro atoms. The zero-order valence-corrected chi connectivity index (χ0v) is 10.4. The van der Waals surface area contributed by atoms with E-state index in [2.05, 4.69) is 15.3 Å². The fraction of sp³-hybridized carbons (Fsp3) is 0.556. The van der Waals surface area contributed by atoms with Crippen LogP contribution in [-0.4, -0.2) is 34.9 Å². The lowest BCUT2D eigenvalue weighted by atomic mass is 10.5. The van der Waals surface area contributed by atoms with Crippen LogP contribution in [-0.2, 0) is 11.3 Å². The van der Waals surface area contributed by atoms with E-state index in [4.69, 9.17) is 10.5 Å². The molecular weight excluding hydrogens is 269 g/mol. The number of nitrogen functional groups attached to an aromatic ring is 1. The van der Waals surface area contributed by atoms with Gasteiger partial charge in [-0.1, -0.05) is 0 Å². The highest BCUT2D eigenvalue weighted by Gasteiger charge is 2.27. The van der Waals surface area contributed by atoms with Crippen LogP contribution in [0.1, 0.15) is 5.82 Å². The average Bonchev–Trinajstić information content (AvgIpc) is 2.23. The quantitative estimate of drug-likeness (QED) is 0.776. The monoisotopic (exact) mass is 282 g/mol. The number of alkyl halides is 3. The zero-order chi connectivity index (χ0) is 13.6. The van der Waals surface area contributed by atoms with E-state index >= 15 is 0 Å². The van der Waals surface area contributed by atoms with Crippen LogP contribution in [0.25, 0.3) is 0 Å². The van der Waals surface area contributed by atoms with E-state index in [0.29, 0.717) is 11.6 Å². The summed E-state index contributed by atoms with van der Waals surface area (Å²) in [6.07, 6.45) is 0. The number of ether oxygens (including phenoxy) is 1. The van der Waals surface area contributed by atoms with Crippen LogP contribution in [0, 0.1) is 0 Å². The third-order valence-corrected chi connectivity index (χ3v) is 2.48. The van der Waals surface area contributed by atoms with Crippen molar-refractivity contribution < 1.29 is 17.9 Å². The van der Waals surface area contributed by atoms with Crippen molar-refractivity contribution in [3.8, 4) is 0 Å². The minimum Gasteiger partial charge on any atom is -0.384 e. The molecule has 0 saturated heterocycles. The number of nitrogens with two attached hydrogens (primary N) is 1. The lowest BCUT2D eigenvalue weighted by molar-refractivity contribution is -0.0327. The molecule has 1 aromatic heterocycles. The number of rotatable bonds is 6. The van der Waals surface area contributed by atoms with Gasteiger partial charge >= 0.3 is 5.51 Å². The molecule has 0 amide bonds. The Balaban J connectivity index is 2.46. The molecule has 1 aromatic rings. The van der Waals surface area contributed by atoms with Crippen molar-refractivity contribution in [3.63, 3.8) is 0 Å². The molecule has 0 aromatic carbocycles. The van der Waals surface area contributed by atoms with Crippen molar-refractivity contribution in [2.45, 2.75) is 12.1 Å². The van der Waals surface area contributed by atoms with Crippen LogP contribution in [0.3, 0.4) is 0 Å². The lowest BCUT2D eigenvalue weighted by Crippen LogP contribution is -2.12. The fourth-order valence-electron chi connectivity index (χ4n) is 1.15. The first-order chi connectivity index (χ1) is 8.40. The van der Waals surface area contributed by atoms with Gasteiger partial charge in [-0.25, -0.2) is 9.97 Å². The van der Waals surface area contributed by atoms with Crippen LogP contribution < -0.4 is 11.1 Å².